The van der Waals surface area contributed by atoms with E-state index in [1.165, 1.54) is 0 Å². The smallest absolute Gasteiger partial charge is 0.407 e. The van der Waals surface area contributed by atoms with E-state index >= 15 is 0 Å². The number of carbonyl (C=O) groups is 2. The van der Waals surface area contributed by atoms with Crippen molar-refractivity contribution in [3.8, 4) is 16.9 Å². The van der Waals surface area contributed by atoms with Gasteiger partial charge >= 0.3 is 12.1 Å². The summed E-state index contributed by atoms with van der Waals surface area (Å²) < 4.78 is 20.3. The monoisotopic (exact) mass is 491 g/mol. The molecule has 0 fully saturated rings. The first-order valence-corrected chi connectivity index (χ1v) is 11.6. The molecular formula is C25H39N4O6+. The fourth-order valence-electron chi connectivity index (χ4n) is 3.12. The van der Waals surface area contributed by atoms with Crippen LogP contribution in [0.4, 0.5) is 4.79 Å². The Morgan fingerprint density at radius 2 is 1.66 bits per heavy atom. The van der Waals surface area contributed by atoms with Gasteiger partial charge < -0.3 is 19.5 Å². The molecule has 0 bridgehead atoms. The fourth-order valence-corrected chi connectivity index (χ4v) is 3.12. The second-order valence-corrected chi connectivity index (χ2v) is 10.2. The van der Waals surface area contributed by atoms with Gasteiger partial charge in [-0.25, -0.2) is 15.5 Å². The zero-order valence-corrected chi connectivity index (χ0v) is 21.8. The zero-order valence-electron chi connectivity index (χ0n) is 21.8. The van der Waals surface area contributed by atoms with Gasteiger partial charge in [0.15, 0.2) is 7.05 Å². The van der Waals surface area contributed by atoms with E-state index in [1.807, 2.05) is 69.2 Å². The molecular weight excluding hydrogens is 452 g/mol. The number of ether oxygens (including phenoxy) is 3. The lowest BCUT2D eigenvalue weighted by atomic mass is 10.1. The topological polar surface area (TPSA) is 118 Å². The lowest BCUT2D eigenvalue weighted by molar-refractivity contribution is -0.753. The Hall–Kier alpha value is -3.11. The third kappa shape index (κ3) is 9.96. The second kappa shape index (κ2) is 12.0. The molecule has 1 heterocycles. The van der Waals surface area contributed by atoms with Gasteiger partial charge in [0, 0.05) is 6.54 Å². The van der Waals surface area contributed by atoms with Crippen molar-refractivity contribution in [1.29, 1.82) is 0 Å². The van der Waals surface area contributed by atoms with Crippen LogP contribution >= 0.6 is 0 Å². The quantitative estimate of drug-likeness (QED) is 0.227. The number of alkyl carbamates (subject to hydrolysis) is 1. The molecule has 0 aliphatic heterocycles. The van der Waals surface area contributed by atoms with E-state index in [0.717, 1.165) is 24.1 Å². The Kier molecular flexibility index (Phi) is 9.67. The van der Waals surface area contributed by atoms with Crippen molar-refractivity contribution in [2.24, 2.45) is 12.9 Å². The Bertz CT molecular complexity index is 973. The number of aromatic nitrogens is 2. The third-order valence-corrected chi connectivity index (χ3v) is 4.67. The number of rotatable bonds is 10. The van der Waals surface area contributed by atoms with Gasteiger partial charge in [0.05, 0.1) is 18.3 Å². The number of nitrogens with one attached hydrogen (secondary N) is 1. The van der Waals surface area contributed by atoms with E-state index in [4.69, 9.17) is 24.9 Å². The maximum absolute atomic E-state index is 12.1. The summed E-state index contributed by atoms with van der Waals surface area (Å²) in [7, 11) is 1.96. The van der Waals surface area contributed by atoms with Gasteiger partial charge in [-0.3, -0.25) is 4.84 Å². The normalized spacial score (nSPS) is 12.7. The lowest BCUT2D eigenvalue weighted by Crippen LogP contribution is -2.39. The van der Waals surface area contributed by atoms with Gasteiger partial charge in [-0.2, -0.15) is 4.68 Å². The molecule has 0 aliphatic rings. The second-order valence-electron chi connectivity index (χ2n) is 10.2. The minimum absolute atomic E-state index is 0.0621. The van der Waals surface area contributed by atoms with Crippen LogP contribution in [-0.2, 0) is 32.7 Å². The predicted octanol–water partition coefficient (Wildman–Crippen LogP) is 2.87. The van der Waals surface area contributed by atoms with Gasteiger partial charge in [0.2, 0.25) is 12.3 Å². The first kappa shape index (κ1) is 28.1. The van der Waals surface area contributed by atoms with Crippen molar-refractivity contribution in [1.82, 2.24) is 10.00 Å². The van der Waals surface area contributed by atoms with Crippen LogP contribution < -0.4 is 20.6 Å². The van der Waals surface area contributed by atoms with Crippen molar-refractivity contribution >= 4 is 12.1 Å². The van der Waals surface area contributed by atoms with Crippen molar-refractivity contribution in [2.45, 2.75) is 71.8 Å². The summed E-state index contributed by atoms with van der Waals surface area (Å²) in [6.45, 7) is 12.0. The number of hydrogen-bond acceptors (Lipinski definition) is 7. The molecule has 0 saturated carbocycles. The molecule has 1 atom stereocenters. The largest absolute Gasteiger partial charge is 0.490 e. The van der Waals surface area contributed by atoms with Crippen molar-refractivity contribution in [3.63, 3.8) is 0 Å². The molecule has 10 nitrogen and oxygen atoms in total. The van der Waals surface area contributed by atoms with Crippen molar-refractivity contribution < 1.29 is 33.3 Å². The highest BCUT2D eigenvalue weighted by molar-refractivity contribution is 5.75. The number of aryl methyl sites for hydroxylation is 2. The van der Waals surface area contributed by atoms with Crippen LogP contribution in [0.1, 0.15) is 48.0 Å². The predicted molar refractivity (Wildman–Crippen MR) is 130 cm³/mol. The van der Waals surface area contributed by atoms with Crippen LogP contribution in [0.15, 0.2) is 36.7 Å². The highest BCUT2D eigenvalue weighted by atomic mass is 16.7. The van der Waals surface area contributed by atoms with Gasteiger partial charge in [-0.05, 0) is 65.7 Å². The van der Waals surface area contributed by atoms with E-state index in [2.05, 4.69) is 10.00 Å². The number of nitrogens with two attached hydrogens (primary N) is 1. The molecule has 194 valence electrons. The van der Waals surface area contributed by atoms with Crippen LogP contribution in [0, 0.1) is 0 Å². The summed E-state index contributed by atoms with van der Waals surface area (Å²) in [5, 5.41) is 2.77. The molecule has 1 amide bonds. The molecule has 2 aromatic rings. The molecule has 1 aromatic heterocycles. The Morgan fingerprint density at radius 3 is 2.23 bits per heavy atom. The standard InChI is InChI=1S/C25H38N4O6/c1-24(2,3)33-22(30)21(35-26)17-32-20-11-9-18(10-12-20)19-15-28(7)29(16-19)14-8-13-27-23(31)34-25(4,5)6/h9-12,15-16,21H,8,13-14,17,26H2,1-7H3/p+1/t21-/m0/s1. The molecule has 0 aliphatic carbocycles. The first-order valence-electron chi connectivity index (χ1n) is 11.6. The number of esters is 1. The molecule has 0 unspecified atom stereocenters. The Morgan fingerprint density at radius 1 is 1.03 bits per heavy atom. The minimum atomic E-state index is -1.02. The molecule has 35 heavy (non-hydrogen) atoms. The summed E-state index contributed by atoms with van der Waals surface area (Å²) in [6.07, 6.45) is 3.40. The van der Waals surface area contributed by atoms with Gasteiger partial charge in [-0.1, -0.05) is 12.1 Å². The summed E-state index contributed by atoms with van der Waals surface area (Å²) in [4.78, 5) is 28.6. The maximum Gasteiger partial charge on any atom is 0.407 e. The summed E-state index contributed by atoms with van der Waals surface area (Å²) >= 11 is 0. The Balaban J connectivity index is 1.88. The number of nitrogens with zero attached hydrogens (tertiary/aromatic N) is 2. The van der Waals surface area contributed by atoms with Crippen LogP contribution in [0.25, 0.3) is 11.1 Å². The van der Waals surface area contributed by atoms with Crippen LogP contribution in [0.3, 0.4) is 0 Å². The van der Waals surface area contributed by atoms with Crippen LogP contribution in [-0.4, -0.2) is 47.2 Å². The van der Waals surface area contributed by atoms with Crippen molar-refractivity contribution in [2.75, 3.05) is 13.2 Å². The van der Waals surface area contributed by atoms with E-state index < -0.39 is 29.4 Å². The molecule has 2 rings (SSSR count). The lowest BCUT2D eigenvalue weighted by Gasteiger charge is -2.22. The van der Waals surface area contributed by atoms with E-state index in [9.17, 15) is 9.59 Å². The summed E-state index contributed by atoms with van der Waals surface area (Å²) in [6, 6.07) is 7.51. The number of hydrogen-bond donors (Lipinski definition) is 2. The van der Waals surface area contributed by atoms with Gasteiger partial charge in [0.1, 0.15) is 23.6 Å². The van der Waals surface area contributed by atoms with Crippen LogP contribution in [0.2, 0.25) is 0 Å². The van der Waals surface area contributed by atoms with E-state index in [0.29, 0.717) is 12.3 Å². The van der Waals surface area contributed by atoms with Crippen molar-refractivity contribution in [3.05, 3.63) is 36.7 Å². The zero-order chi connectivity index (χ0) is 26.2. The maximum atomic E-state index is 12.1. The molecule has 10 heteroatoms. The highest BCUT2D eigenvalue weighted by Gasteiger charge is 2.26. The van der Waals surface area contributed by atoms with Crippen LogP contribution in [0.5, 0.6) is 5.75 Å². The van der Waals surface area contributed by atoms with E-state index in [-0.39, 0.29) is 6.61 Å². The molecule has 0 radical (unpaired) electrons. The van der Waals surface area contributed by atoms with Gasteiger partial charge in [0.25, 0.3) is 0 Å². The highest BCUT2D eigenvalue weighted by Crippen LogP contribution is 2.22. The average molecular weight is 492 g/mol. The van der Waals surface area contributed by atoms with Gasteiger partial charge in [-0.15, -0.1) is 4.68 Å². The molecule has 3 N–H and O–H groups in total. The number of amides is 1. The third-order valence-electron chi connectivity index (χ3n) is 4.67. The molecule has 0 spiro atoms. The Labute approximate surface area is 207 Å². The average Bonchev–Trinajstić information content (AvgIpc) is 3.10. The minimum Gasteiger partial charge on any atom is -0.490 e. The molecule has 0 saturated heterocycles. The first-order chi connectivity index (χ1) is 16.3. The van der Waals surface area contributed by atoms with E-state index in [1.54, 1.807) is 20.8 Å². The SMILES string of the molecule is C[n+]1cc(-c2ccc(OC[C@H](ON)C(=O)OC(C)(C)C)cc2)cn1CCCNC(=O)OC(C)(C)C. The number of carbonyl (C=O) groups excluding carboxylic acids is 2. The summed E-state index contributed by atoms with van der Waals surface area (Å²) in [5.41, 5.74) is 0.898. The fraction of sp³-hybridized carbons (Fsp3) is 0.560. The number of benzene rings is 1. The molecule has 1 aromatic carbocycles. The summed E-state index contributed by atoms with van der Waals surface area (Å²) in [5.74, 6) is 5.25.